The number of carbonyl (C=O) groups is 1. The predicted molar refractivity (Wildman–Crippen MR) is 78.2 cm³/mol. The van der Waals surface area contributed by atoms with Crippen LogP contribution in [0.15, 0.2) is 11.0 Å². The topological polar surface area (TPSA) is 29.1 Å². The molecule has 0 saturated heterocycles. The van der Waals surface area contributed by atoms with Gasteiger partial charge in [0.1, 0.15) is 0 Å². The van der Waals surface area contributed by atoms with Gasteiger partial charge in [0.15, 0.2) is 0 Å². The second-order valence-electron chi connectivity index (χ2n) is 4.75. The summed E-state index contributed by atoms with van der Waals surface area (Å²) in [4.78, 5) is 12.9. The van der Waals surface area contributed by atoms with Crippen molar-refractivity contribution in [3.05, 3.63) is 11.0 Å². The lowest BCUT2D eigenvalue weighted by Crippen LogP contribution is -2.30. The van der Waals surface area contributed by atoms with Crippen molar-refractivity contribution in [3.8, 4) is 0 Å². The number of amides is 1. The third-order valence-corrected chi connectivity index (χ3v) is 3.60. The summed E-state index contributed by atoms with van der Waals surface area (Å²) in [6.45, 7) is 10.5. The standard InChI is InChI=1S/C14H27NOS/c1-6-8-9-17-13(10-12(5)7-2)14(16)15-11(3)4/h10-12H,6-9H2,1-5H3,(H,15,16)/b13-10-. The van der Waals surface area contributed by atoms with E-state index in [4.69, 9.17) is 0 Å². The van der Waals surface area contributed by atoms with E-state index in [0.717, 1.165) is 23.5 Å². The molecule has 17 heavy (non-hydrogen) atoms. The Balaban J connectivity index is 4.49. The molecule has 0 heterocycles. The van der Waals surface area contributed by atoms with Gasteiger partial charge in [-0.15, -0.1) is 11.8 Å². The molecule has 0 radical (unpaired) electrons. The maximum atomic E-state index is 12.0. The minimum absolute atomic E-state index is 0.0846. The molecule has 1 N–H and O–H groups in total. The van der Waals surface area contributed by atoms with Gasteiger partial charge in [-0.25, -0.2) is 0 Å². The molecule has 3 heteroatoms. The summed E-state index contributed by atoms with van der Waals surface area (Å²) >= 11 is 1.69. The molecule has 2 nitrogen and oxygen atoms in total. The molecule has 0 aliphatic carbocycles. The number of rotatable bonds is 8. The lowest BCUT2D eigenvalue weighted by Gasteiger charge is -2.13. The second kappa shape index (κ2) is 9.58. The van der Waals surface area contributed by atoms with Crippen LogP contribution in [-0.4, -0.2) is 17.7 Å². The Morgan fingerprint density at radius 2 is 1.94 bits per heavy atom. The molecule has 0 fully saturated rings. The zero-order valence-corrected chi connectivity index (χ0v) is 12.7. The zero-order chi connectivity index (χ0) is 13.3. The number of allylic oxidation sites excluding steroid dienone is 1. The normalized spacial score (nSPS) is 13.9. The highest BCUT2D eigenvalue weighted by Gasteiger charge is 2.12. The van der Waals surface area contributed by atoms with E-state index in [1.54, 1.807) is 11.8 Å². The Labute approximate surface area is 111 Å². The summed E-state index contributed by atoms with van der Waals surface area (Å²) in [5.74, 6) is 1.59. The number of nitrogens with one attached hydrogen (secondary N) is 1. The maximum Gasteiger partial charge on any atom is 0.257 e. The van der Waals surface area contributed by atoms with E-state index in [1.807, 2.05) is 13.8 Å². The summed E-state index contributed by atoms with van der Waals surface area (Å²) < 4.78 is 0. The number of hydrogen-bond acceptors (Lipinski definition) is 2. The fourth-order valence-corrected chi connectivity index (χ4v) is 2.40. The van der Waals surface area contributed by atoms with Gasteiger partial charge in [-0.05, 0) is 31.9 Å². The van der Waals surface area contributed by atoms with Crippen LogP contribution in [0.4, 0.5) is 0 Å². The lowest BCUT2D eigenvalue weighted by atomic mass is 10.1. The van der Waals surface area contributed by atoms with Crippen molar-refractivity contribution in [2.75, 3.05) is 5.75 Å². The van der Waals surface area contributed by atoms with Crippen LogP contribution in [0.1, 0.15) is 53.9 Å². The van der Waals surface area contributed by atoms with Gasteiger partial charge in [0.2, 0.25) is 0 Å². The number of unbranched alkanes of at least 4 members (excludes halogenated alkanes) is 1. The van der Waals surface area contributed by atoms with Crippen molar-refractivity contribution in [1.29, 1.82) is 0 Å². The van der Waals surface area contributed by atoms with Crippen LogP contribution in [-0.2, 0) is 4.79 Å². The SMILES string of the molecule is CCCCS/C(=C\C(C)CC)C(=O)NC(C)C. The van der Waals surface area contributed by atoms with Crippen molar-refractivity contribution in [2.24, 2.45) is 5.92 Å². The summed E-state index contributed by atoms with van der Waals surface area (Å²) in [7, 11) is 0. The first-order valence-corrected chi connectivity index (χ1v) is 7.65. The number of carbonyl (C=O) groups excluding carboxylic acids is 1. The number of thioether (sulfide) groups is 1. The molecule has 0 rings (SSSR count). The van der Waals surface area contributed by atoms with Crippen molar-refractivity contribution in [3.63, 3.8) is 0 Å². The molecule has 0 bridgehead atoms. The average Bonchev–Trinajstić information content (AvgIpc) is 2.26. The molecule has 0 aromatic carbocycles. The molecule has 0 aliphatic rings. The molecular formula is C14H27NOS. The molecule has 0 aliphatic heterocycles. The van der Waals surface area contributed by atoms with Crippen molar-refractivity contribution in [1.82, 2.24) is 5.32 Å². The van der Waals surface area contributed by atoms with Crippen LogP contribution in [0.25, 0.3) is 0 Å². The first kappa shape index (κ1) is 16.6. The predicted octanol–water partition coefficient (Wildman–Crippen LogP) is 3.97. The highest BCUT2D eigenvalue weighted by atomic mass is 32.2. The molecule has 100 valence electrons. The first-order chi connectivity index (χ1) is 8.01. The van der Waals surface area contributed by atoms with Gasteiger partial charge in [0.25, 0.3) is 5.91 Å². The van der Waals surface area contributed by atoms with Gasteiger partial charge in [0, 0.05) is 6.04 Å². The smallest absolute Gasteiger partial charge is 0.257 e. The van der Waals surface area contributed by atoms with Crippen LogP contribution in [0.2, 0.25) is 0 Å². The summed E-state index contributed by atoms with van der Waals surface area (Å²) in [6, 6.07) is 0.203. The van der Waals surface area contributed by atoms with Gasteiger partial charge < -0.3 is 5.32 Å². The summed E-state index contributed by atoms with van der Waals surface area (Å²) in [6.07, 6.45) is 5.53. The zero-order valence-electron chi connectivity index (χ0n) is 11.9. The van der Waals surface area contributed by atoms with Crippen LogP contribution in [0.3, 0.4) is 0 Å². The lowest BCUT2D eigenvalue weighted by molar-refractivity contribution is -0.117. The molecular weight excluding hydrogens is 230 g/mol. The molecule has 0 saturated carbocycles. The van der Waals surface area contributed by atoms with Gasteiger partial charge in [-0.1, -0.05) is 39.7 Å². The van der Waals surface area contributed by atoms with E-state index in [2.05, 4.69) is 32.2 Å². The van der Waals surface area contributed by atoms with Crippen molar-refractivity contribution in [2.45, 2.75) is 59.9 Å². The third-order valence-electron chi connectivity index (χ3n) is 2.48. The van der Waals surface area contributed by atoms with Crippen LogP contribution >= 0.6 is 11.8 Å². The Morgan fingerprint density at radius 3 is 2.41 bits per heavy atom. The van der Waals surface area contributed by atoms with Gasteiger partial charge in [0.05, 0.1) is 4.91 Å². The van der Waals surface area contributed by atoms with E-state index in [0.29, 0.717) is 5.92 Å². The molecule has 1 amide bonds. The Kier molecular flexibility index (Phi) is 9.33. The molecule has 1 unspecified atom stereocenters. The van der Waals surface area contributed by atoms with Gasteiger partial charge in [-0.2, -0.15) is 0 Å². The molecule has 0 spiro atoms. The minimum atomic E-state index is 0.0846. The van der Waals surface area contributed by atoms with E-state index in [-0.39, 0.29) is 11.9 Å². The largest absolute Gasteiger partial charge is 0.349 e. The van der Waals surface area contributed by atoms with E-state index in [1.165, 1.54) is 6.42 Å². The minimum Gasteiger partial charge on any atom is -0.349 e. The van der Waals surface area contributed by atoms with Gasteiger partial charge >= 0.3 is 0 Å². The fourth-order valence-electron chi connectivity index (χ4n) is 1.23. The third kappa shape index (κ3) is 8.31. The Hall–Kier alpha value is -0.440. The highest BCUT2D eigenvalue weighted by molar-refractivity contribution is 8.03. The highest BCUT2D eigenvalue weighted by Crippen LogP contribution is 2.21. The molecule has 0 aromatic rings. The quantitative estimate of drug-likeness (QED) is 0.526. The average molecular weight is 257 g/mol. The fraction of sp³-hybridized carbons (Fsp3) is 0.786. The van der Waals surface area contributed by atoms with Crippen LogP contribution in [0.5, 0.6) is 0 Å². The Bertz CT molecular complexity index is 249. The van der Waals surface area contributed by atoms with E-state index < -0.39 is 0 Å². The van der Waals surface area contributed by atoms with Crippen molar-refractivity contribution >= 4 is 17.7 Å². The molecule has 1 atom stereocenters. The second-order valence-corrected chi connectivity index (χ2v) is 5.88. The Morgan fingerprint density at radius 1 is 1.29 bits per heavy atom. The monoisotopic (exact) mass is 257 g/mol. The summed E-state index contributed by atoms with van der Waals surface area (Å²) in [5, 5.41) is 2.97. The van der Waals surface area contributed by atoms with E-state index in [9.17, 15) is 4.79 Å². The maximum absolute atomic E-state index is 12.0. The van der Waals surface area contributed by atoms with Crippen LogP contribution in [0, 0.1) is 5.92 Å². The van der Waals surface area contributed by atoms with Crippen LogP contribution < -0.4 is 5.32 Å². The van der Waals surface area contributed by atoms with Gasteiger partial charge in [-0.3, -0.25) is 4.79 Å². The van der Waals surface area contributed by atoms with Crippen molar-refractivity contribution < 1.29 is 4.79 Å². The van der Waals surface area contributed by atoms with E-state index >= 15 is 0 Å². The summed E-state index contributed by atoms with van der Waals surface area (Å²) in [5.41, 5.74) is 0. The number of hydrogen-bond donors (Lipinski definition) is 1. The first-order valence-electron chi connectivity index (χ1n) is 6.66. The molecule has 0 aromatic heterocycles.